The SMILES string of the molecule is C[Si]1(c2ccccc2)[Si](C)(c2ccccc2)[Si]1(C)c1ccccc1. The molecular formula is C21H24Si3. The molecule has 0 aliphatic carbocycles. The summed E-state index contributed by atoms with van der Waals surface area (Å²) in [5.41, 5.74) is 0. The fraction of sp³-hybridized carbons (Fsp3) is 0.143. The Bertz CT molecular complexity index is 720. The minimum absolute atomic E-state index is 1.49. The zero-order chi connectivity index (χ0) is 16.8. The van der Waals surface area contributed by atoms with Crippen LogP contribution in [-0.2, 0) is 0 Å². The van der Waals surface area contributed by atoms with E-state index in [4.69, 9.17) is 0 Å². The molecule has 3 heteroatoms. The summed E-state index contributed by atoms with van der Waals surface area (Å²) in [5.74, 6) is 0. The van der Waals surface area contributed by atoms with Crippen LogP contribution < -0.4 is 15.6 Å². The Morgan fingerprint density at radius 3 is 0.792 bits per heavy atom. The maximum atomic E-state index is 2.70. The average molecular weight is 361 g/mol. The van der Waals surface area contributed by atoms with E-state index in [9.17, 15) is 0 Å². The van der Waals surface area contributed by atoms with Crippen molar-refractivity contribution in [1.29, 1.82) is 0 Å². The highest BCUT2D eigenvalue weighted by Crippen LogP contribution is 2.49. The molecule has 4 rings (SSSR count). The lowest BCUT2D eigenvalue weighted by molar-refractivity contribution is 1.75. The zero-order valence-corrected chi connectivity index (χ0v) is 17.7. The predicted molar refractivity (Wildman–Crippen MR) is 113 cm³/mol. The minimum atomic E-state index is -1.49. The van der Waals surface area contributed by atoms with Gasteiger partial charge in [-0.3, -0.25) is 0 Å². The molecule has 3 aromatic carbocycles. The normalized spacial score (nSPS) is 31.6. The van der Waals surface area contributed by atoms with Gasteiger partial charge in [0.2, 0.25) is 0 Å². The van der Waals surface area contributed by atoms with Crippen molar-refractivity contribution in [1.82, 2.24) is 0 Å². The lowest BCUT2D eigenvalue weighted by Gasteiger charge is -2.17. The number of benzene rings is 3. The lowest BCUT2D eigenvalue weighted by atomic mass is 10.4. The van der Waals surface area contributed by atoms with Gasteiger partial charge in [0.05, 0.1) is 21.3 Å². The smallest absolute Gasteiger partial charge is 0.0688 e. The van der Waals surface area contributed by atoms with Crippen LogP contribution in [0.4, 0.5) is 0 Å². The molecule has 1 saturated heterocycles. The Kier molecular flexibility index (Phi) is 3.57. The Balaban J connectivity index is 1.97. The number of hydrogen-bond acceptors (Lipinski definition) is 0. The third-order valence-corrected chi connectivity index (χ3v) is 62.7. The van der Waals surface area contributed by atoms with Crippen molar-refractivity contribution < 1.29 is 0 Å². The predicted octanol–water partition coefficient (Wildman–Crippen LogP) is 3.19. The minimum Gasteiger partial charge on any atom is -0.0688 e. The van der Waals surface area contributed by atoms with E-state index in [1.807, 2.05) is 0 Å². The van der Waals surface area contributed by atoms with Gasteiger partial charge >= 0.3 is 0 Å². The van der Waals surface area contributed by atoms with E-state index in [1.165, 1.54) is 0 Å². The second-order valence-electron chi connectivity index (χ2n) is 7.47. The van der Waals surface area contributed by atoms with Crippen LogP contribution in [0.2, 0.25) is 19.6 Å². The van der Waals surface area contributed by atoms with Crippen molar-refractivity contribution in [2.75, 3.05) is 0 Å². The average Bonchev–Trinajstić information content (AvgIpc) is 3.08. The van der Waals surface area contributed by atoms with Crippen LogP contribution in [0.25, 0.3) is 0 Å². The summed E-state index contributed by atoms with van der Waals surface area (Å²) >= 11 is 0. The highest BCUT2D eigenvalue weighted by Gasteiger charge is 2.85. The molecule has 1 heterocycles. The molecule has 0 nitrogen and oxygen atoms in total. The van der Waals surface area contributed by atoms with Crippen molar-refractivity contribution >= 4 is 36.9 Å². The monoisotopic (exact) mass is 360 g/mol. The second-order valence-corrected chi connectivity index (χ2v) is 38.5. The van der Waals surface area contributed by atoms with E-state index in [1.54, 1.807) is 15.6 Å². The Labute approximate surface area is 147 Å². The van der Waals surface area contributed by atoms with E-state index in [0.29, 0.717) is 0 Å². The first-order valence-electron chi connectivity index (χ1n) is 8.73. The first kappa shape index (κ1) is 15.8. The second kappa shape index (κ2) is 5.41. The van der Waals surface area contributed by atoms with Crippen LogP contribution in [0.15, 0.2) is 91.0 Å². The van der Waals surface area contributed by atoms with Gasteiger partial charge < -0.3 is 0 Å². The van der Waals surface area contributed by atoms with E-state index in [2.05, 4.69) is 111 Å². The molecule has 0 atom stereocenters. The van der Waals surface area contributed by atoms with E-state index in [0.717, 1.165) is 0 Å². The molecule has 1 fully saturated rings. The molecule has 0 aromatic heterocycles. The van der Waals surface area contributed by atoms with Crippen molar-refractivity contribution in [3.05, 3.63) is 91.0 Å². The Morgan fingerprint density at radius 1 is 0.375 bits per heavy atom. The summed E-state index contributed by atoms with van der Waals surface area (Å²) in [6.07, 6.45) is 0. The number of hydrogen-bond donors (Lipinski definition) is 0. The molecule has 0 amide bonds. The van der Waals surface area contributed by atoms with Gasteiger partial charge in [-0.25, -0.2) is 0 Å². The van der Waals surface area contributed by atoms with Crippen LogP contribution in [-0.4, -0.2) is 21.3 Å². The molecule has 0 N–H and O–H groups in total. The highest BCUT2D eigenvalue weighted by molar-refractivity contribution is 8.20. The van der Waals surface area contributed by atoms with Crippen molar-refractivity contribution in [3.63, 3.8) is 0 Å². The highest BCUT2D eigenvalue weighted by atomic mass is 30.2. The molecule has 0 radical (unpaired) electrons. The third-order valence-electron chi connectivity index (χ3n) is 6.99. The van der Waals surface area contributed by atoms with Crippen molar-refractivity contribution in [2.45, 2.75) is 19.6 Å². The van der Waals surface area contributed by atoms with Gasteiger partial charge in [-0.1, -0.05) is 126 Å². The van der Waals surface area contributed by atoms with Crippen LogP contribution in [0, 0.1) is 0 Å². The molecule has 24 heavy (non-hydrogen) atoms. The van der Waals surface area contributed by atoms with E-state index in [-0.39, 0.29) is 0 Å². The molecule has 0 unspecified atom stereocenters. The molecular weight excluding hydrogens is 336 g/mol. The summed E-state index contributed by atoms with van der Waals surface area (Å²) in [6, 6.07) is 34.4. The van der Waals surface area contributed by atoms with Gasteiger partial charge in [0.25, 0.3) is 0 Å². The summed E-state index contributed by atoms with van der Waals surface area (Å²) in [5, 5.41) is 5.04. The fourth-order valence-electron chi connectivity index (χ4n) is 5.17. The van der Waals surface area contributed by atoms with Gasteiger partial charge in [0, 0.05) is 0 Å². The molecule has 3 aromatic rings. The van der Waals surface area contributed by atoms with Crippen molar-refractivity contribution in [2.24, 2.45) is 0 Å². The zero-order valence-electron chi connectivity index (χ0n) is 14.7. The molecule has 0 bridgehead atoms. The van der Waals surface area contributed by atoms with Crippen molar-refractivity contribution in [3.8, 4) is 0 Å². The topological polar surface area (TPSA) is 0 Å². The Morgan fingerprint density at radius 2 is 0.583 bits per heavy atom. The third kappa shape index (κ3) is 1.78. The van der Waals surface area contributed by atoms with Gasteiger partial charge in [-0.05, 0) is 0 Å². The van der Waals surface area contributed by atoms with E-state index < -0.39 is 21.3 Å². The van der Waals surface area contributed by atoms with Gasteiger partial charge in [-0.15, -0.1) is 0 Å². The maximum absolute atomic E-state index is 2.70. The lowest BCUT2D eigenvalue weighted by Crippen LogP contribution is -2.48. The van der Waals surface area contributed by atoms with Crippen LogP contribution >= 0.6 is 0 Å². The summed E-state index contributed by atoms with van der Waals surface area (Å²) < 4.78 is 0. The number of rotatable bonds is 3. The summed E-state index contributed by atoms with van der Waals surface area (Å²) in [7, 11) is -4.48. The first-order valence-corrected chi connectivity index (χ1v) is 19.2. The van der Waals surface area contributed by atoms with Gasteiger partial charge in [0.15, 0.2) is 0 Å². The van der Waals surface area contributed by atoms with Gasteiger partial charge in [0.1, 0.15) is 0 Å². The summed E-state index contributed by atoms with van der Waals surface area (Å²) in [4.78, 5) is 0. The van der Waals surface area contributed by atoms with Crippen LogP contribution in [0.3, 0.4) is 0 Å². The molecule has 0 saturated carbocycles. The molecule has 1 aliphatic heterocycles. The van der Waals surface area contributed by atoms with E-state index >= 15 is 0 Å². The maximum Gasteiger partial charge on any atom is 0.0773 e. The fourth-order valence-corrected chi connectivity index (χ4v) is 76.8. The first-order chi connectivity index (χ1) is 11.6. The van der Waals surface area contributed by atoms with Gasteiger partial charge in [-0.2, -0.15) is 0 Å². The standard InChI is InChI=1S/C21H24Si3/c1-22(19-13-7-4-8-14-19)23(2,20-15-9-5-10-16-20)24(22,3)21-17-11-6-12-18-21/h4-18H,1-3H3. The quantitative estimate of drug-likeness (QED) is 0.629. The molecule has 120 valence electrons. The molecule has 1 aliphatic rings. The van der Waals surface area contributed by atoms with Crippen LogP contribution in [0.5, 0.6) is 0 Å². The largest absolute Gasteiger partial charge is 0.0773 e. The molecule has 0 spiro atoms. The van der Waals surface area contributed by atoms with Crippen LogP contribution in [0.1, 0.15) is 0 Å². The Hall–Kier alpha value is -1.69. The summed E-state index contributed by atoms with van der Waals surface area (Å²) in [6.45, 7) is 8.09.